The summed E-state index contributed by atoms with van der Waals surface area (Å²) in [4.78, 5) is 4.05. The number of nitrogens with zero attached hydrogens (tertiary/aromatic N) is 1. The number of rotatable bonds is 2. The van der Waals surface area contributed by atoms with E-state index in [2.05, 4.69) is 59.6 Å². The van der Waals surface area contributed by atoms with Crippen LogP contribution in [-0.4, -0.2) is 4.98 Å². The molecule has 0 radical (unpaired) electrons. The Kier molecular flexibility index (Phi) is 3.10. The zero-order chi connectivity index (χ0) is 14.9. The molecule has 2 nitrogen and oxygen atoms in total. The number of fused-ring (bicyclic) bond motifs is 2. The third-order valence-electron chi connectivity index (χ3n) is 4.15. The highest BCUT2D eigenvalue weighted by molar-refractivity contribution is 5.98. The molecule has 4 rings (SSSR count). The molecule has 3 aromatic carbocycles. The van der Waals surface area contributed by atoms with Gasteiger partial charge >= 0.3 is 0 Å². The van der Waals surface area contributed by atoms with Gasteiger partial charge in [0.05, 0.1) is 6.04 Å². The second kappa shape index (κ2) is 5.24. The predicted octanol–water partition coefficient (Wildman–Crippen LogP) is 4.44. The number of benzene rings is 3. The van der Waals surface area contributed by atoms with Crippen molar-refractivity contribution in [2.24, 2.45) is 5.73 Å². The van der Waals surface area contributed by atoms with Crippen molar-refractivity contribution in [3.63, 3.8) is 0 Å². The van der Waals surface area contributed by atoms with Gasteiger partial charge in [-0.1, -0.05) is 36.4 Å². The molecule has 0 saturated heterocycles. The summed E-state index contributed by atoms with van der Waals surface area (Å²) in [6.45, 7) is 0. The third kappa shape index (κ3) is 2.24. The van der Waals surface area contributed by atoms with E-state index in [4.69, 9.17) is 5.73 Å². The molecule has 2 N–H and O–H groups in total. The molecular weight excluding hydrogens is 268 g/mol. The van der Waals surface area contributed by atoms with E-state index < -0.39 is 0 Å². The lowest BCUT2D eigenvalue weighted by Gasteiger charge is -2.13. The first-order valence-corrected chi connectivity index (χ1v) is 7.39. The summed E-state index contributed by atoms with van der Waals surface area (Å²) in [5, 5.41) is 4.98. The van der Waals surface area contributed by atoms with Crippen LogP contribution in [-0.2, 0) is 0 Å². The monoisotopic (exact) mass is 284 g/mol. The highest BCUT2D eigenvalue weighted by Crippen LogP contribution is 2.27. The molecule has 0 aliphatic heterocycles. The summed E-state index contributed by atoms with van der Waals surface area (Å²) in [5.74, 6) is 0. The Labute approximate surface area is 129 Å². The average Bonchev–Trinajstić information content (AvgIpc) is 2.59. The van der Waals surface area contributed by atoms with Crippen LogP contribution in [0.15, 0.2) is 79.1 Å². The summed E-state index contributed by atoms with van der Waals surface area (Å²) in [7, 11) is 0. The molecule has 0 saturated carbocycles. The molecule has 106 valence electrons. The molecule has 4 aromatic rings. The number of pyridine rings is 1. The van der Waals surface area contributed by atoms with Crippen LogP contribution in [0.2, 0.25) is 0 Å². The van der Waals surface area contributed by atoms with Crippen molar-refractivity contribution < 1.29 is 0 Å². The number of hydrogen-bond acceptors (Lipinski definition) is 2. The van der Waals surface area contributed by atoms with E-state index >= 15 is 0 Å². The van der Waals surface area contributed by atoms with Crippen molar-refractivity contribution in [3.8, 4) is 0 Å². The molecule has 0 aliphatic carbocycles. The molecule has 0 amide bonds. The van der Waals surface area contributed by atoms with Crippen molar-refractivity contribution in [1.29, 1.82) is 0 Å². The van der Waals surface area contributed by atoms with Gasteiger partial charge in [0.2, 0.25) is 0 Å². The lowest BCUT2D eigenvalue weighted by molar-refractivity contribution is 0.870. The minimum atomic E-state index is -0.126. The zero-order valence-corrected chi connectivity index (χ0v) is 12.1. The van der Waals surface area contributed by atoms with Gasteiger partial charge in [-0.2, -0.15) is 0 Å². The summed E-state index contributed by atoms with van der Waals surface area (Å²) < 4.78 is 0. The third-order valence-corrected chi connectivity index (χ3v) is 4.15. The van der Waals surface area contributed by atoms with E-state index in [0.717, 1.165) is 11.1 Å². The highest BCUT2D eigenvalue weighted by Gasteiger charge is 2.09. The number of aromatic nitrogens is 1. The minimum Gasteiger partial charge on any atom is -0.320 e. The van der Waals surface area contributed by atoms with E-state index in [9.17, 15) is 0 Å². The van der Waals surface area contributed by atoms with Crippen molar-refractivity contribution in [3.05, 3.63) is 90.3 Å². The van der Waals surface area contributed by atoms with Gasteiger partial charge in [0.15, 0.2) is 0 Å². The molecular formula is C20H16N2. The van der Waals surface area contributed by atoms with Gasteiger partial charge in [-0.05, 0) is 63.0 Å². The zero-order valence-electron chi connectivity index (χ0n) is 12.1. The van der Waals surface area contributed by atoms with Gasteiger partial charge in [-0.15, -0.1) is 0 Å². The molecule has 1 heterocycles. The molecule has 0 fully saturated rings. The fraction of sp³-hybridized carbons (Fsp3) is 0.0500. The molecule has 1 atom stereocenters. The van der Waals surface area contributed by atoms with Gasteiger partial charge in [-0.3, -0.25) is 4.98 Å². The predicted molar refractivity (Wildman–Crippen MR) is 91.7 cm³/mol. The molecule has 1 unspecified atom stereocenters. The Morgan fingerprint density at radius 2 is 1.27 bits per heavy atom. The van der Waals surface area contributed by atoms with Crippen molar-refractivity contribution in [1.82, 2.24) is 4.98 Å². The van der Waals surface area contributed by atoms with Crippen molar-refractivity contribution in [2.45, 2.75) is 6.04 Å². The van der Waals surface area contributed by atoms with Gasteiger partial charge in [0, 0.05) is 12.4 Å². The first kappa shape index (κ1) is 13.0. The highest BCUT2D eigenvalue weighted by atomic mass is 14.7. The number of nitrogens with two attached hydrogens (primary N) is 1. The van der Waals surface area contributed by atoms with E-state index in [1.165, 1.54) is 21.5 Å². The van der Waals surface area contributed by atoms with Crippen LogP contribution in [0.4, 0.5) is 0 Å². The van der Waals surface area contributed by atoms with E-state index in [1.807, 2.05) is 12.1 Å². The Bertz CT molecular complexity index is 945. The van der Waals surface area contributed by atoms with Crippen molar-refractivity contribution in [2.75, 3.05) is 0 Å². The van der Waals surface area contributed by atoms with Gasteiger partial charge in [0.25, 0.3) is 0 Å². The first-order valence-electron chi connectivity index (χ1n) is 7.39. The largest absolute Gasteiger partial charge is 0.320 e. The lowest BCUT2D eigenvalue weighted by atomic mass is 9.96. The van der Waals surface area contributed by atoms with Crippen LogP contribution >= 0.6 is 0 Å². The van der Waals surface area contributed by atoms with Gasteiger partial charge in [-0.25, -0.2) is 0 Å². The normalized spacial score (nSPS) is 12.6. The summed E-state index contributed by atoms with van der Waals surface area (Å²) in [6, 6.07) is 23.1. The van der Waals surface area contributed by atoms with Gasteiger partial charge < -0.3 is 5.73 Å². The molecule has 0 bridgehead atoms. The maximum Gasteiger partial charge on any atom is 0.0552 e. The van der Waals surface area contributed by atoms with E-state index in [-0.39, 0.29) is 6.04 Å². The molecule has 22 heavy (non-hydrogen) atoms. The lowest BCUT2D eigenvalue weighted by Crippen LogP contribution is -2.11. The van der Waals surface area contributed by atoms with Crippen LogP contribution in [0.3, 0.4) is 0 Å². The maximum atomic E-state index is 6.39. The molecule has 0 aliphatic rings. The molecule has 0 spiro atoms. The second-order valence-corrected chi connectivity index (χ2v) is 5.56. The van der Waals surface area contributed by atoms with Crippen LogP contribution in [0.1, 0.15) is 17.2 Å². The first-order chi connectivity index (χ1) is 10.8. The quantitative estimate of drug-likeness (QED) is 0.553. The van der Waals surface area contributed by atoms with Crippen LogP contribution in [0.5, 0.6) is 0 Å². The topological polar surface area (TPSA) is 38.9 Å². The number of hydrogen-bond donors (Lipinski definition) is 1. The SMILES string of the molecule is NC(c1ccncc1)c1ccc2cc3ccccc3cc2c1. The molecule has 1 aromatic heterocycles. The van der Waals surface area contributed by atoms with E-state index in [0.29, 0.717) is 0 Å². The Morgan fingerprint density at radius 3 is 2.00 bits per heavy atom. The van der Waals surface area contributed by atoms with E-state index in [1.54, 1.807) is 12.4 Å². The summed E-state index contributed by atoms with van der Waals surface area (Å²) in [6.07, 6.45) is 3.56. The van der Waals surface area contributed by atoms with Crippen LogP contribution in [0.25, 0.3) is 21.5 Å². The Balaban J connectivity index is 1.84. The van der Waals surface area contributed by atoms with Crippen LogP contribution < -0.4 is 5.73 Å². The van der Waals surface area contributed by atoms with Gasteiger partial charge in [0.1, 0.15) is 0 Å². The summed E-state index contributed by atoms with van der Waals surface area (Å²) in [5.41, 5.74) is 8.59. The minimum absolute atomic E-state index is 0.126. The fourth-order valence-electron chi connectivity index (χ4n) is 2.92. The average molecular weight is 284 g/mol. The van der Waals surface area contributed by atoms with Crippen molar-refractivity contribution >= 4 is 21.5 Å². The smallest absolute Gasteiger partial charge is 0.0552 e. The Hall–Kier alpha value is -2.71. The van der Waals surface area contributed by atoms with Crippen LogP contribution in [0, 0.1) is 0 Å². The standard InChI is InChI=1S/C20H16N2/c21-20(14-7-9-22-10-8-14)18-6-5-17-11-15-3-1-2-4-16(15)12-19(17)13-18/h1-13,20H,21H2. The second-order valence-electron chi connectivity index (χ2n) is 5.56. The molecule has 2 heteroatoms. The fourth-order valence-corrected chi connectivity index (χ4v) is 2.92. The summed E-state index contributed by atoms with van der Waals surface area (Å²) >= 11 is 0. The Morgan fingerprint density at radius 1 is 0.636 bits per heavy atom. The maximum absolute atomic E-state index is 6.39.